The van der Waals surface area contributed by atoms with Gasteiger partial charge in [-0.3, -0.25) is 9.59 Å². The lowest BCUT2D eigenvalue weighted by Gasteiger charge is -2.21. The third-order valence-electron chi connectivity index (χ3n) is 3.15. The lowest BCUT2D eigenvalue weighted by Crippen LogP contribution is -2.41. The number of carbonyl (C=O) groups is 2. The number of halogens is 1. The third kappa shape index (κ3) is 5.04. The molecule has 2 N–H and O–H groups in total. The molecule has 2 aromatic rings. The fourth-order valence-electron chi connectivity index (χ4n) is 2.00. The fraction of sp³-hybridized carbons (Fsp3) is 0.125. The Morgan fingerprint density at radius 2 is 2.16 bits per heavy atom. The Balaban J connectivity index is 1.64. The van der Waals surface area contributed by atoms with Crippen molar-refractivity contribution in [2.24, 2.45) is 10.2 Å². The van der Waals surface area contributed by atoms with Crippen molar-refractivity contribution in [1.29, 1.82) is 0 Å². The zero-order chi connectivity index (χ0) is 17.6. The van der Waals surface area contributed by atoms with Gasteiger partial charge in [0.2, 0.25) is 11.8 Å². The maximum Gasteiger partial charge on any atom is 0.238 e. The number of furan rings is 1. The topological polar surface area (TPSA) is 96.1 Å². The van der Waals surface area contributed by atoms with Gasteiger partial charge in [0.1, 0.15) is 11.0 Å². The normalized spacial score (nSPS) is 19.2. The molecule has 2 amide bonds. The van der Waals surface area contributed by atoms with Crippen molar-refractivity contribution in [2.45, 2.75) is 11.7 Å². The summed E-state index contributed by atoms with van der Waals surface area (Å²) in [6.45, 7) is 0. The molecule has 1 atom stereocenters. The molecule has 0 saturated carbocycles. The van der Waals surface area contributed by atoms with E-state index < -0.39 is 5.25 Å². The minimum atomic E-state index is -0.574. The largest absolute Gasteiger partial charge is 0.463 e. The molecule has 128 valence electrons. The second-order valence-electron chi connectivity index (χ2n) is 5.02. The Kier molecular flexibility index (Phi) is 5.67. The van der Waals surface area contributed by atoms with Gasteiger partial charge in [-0.1, -0.05) is 27.7 Å². The number of hydrogen-bond donors (Lipinski definition) is 2. The summed E-state index contributed by atoms with van der Waals surface area (Å²) in [5.74, 6) is 0.00700. The number of nitrogens with one attached hydrogen (secondary N) is 2. The zero-order valence-electron chi connectivity index (χ0n) is 12.8. The summed E-state index contributed by atoms with van der Waals surface area (Å²) >= 11 is 4.49. The molecule has 1 aliphatic heterocycles. The van der Waals surface area contributed by atoms with E-state index in [9.17, 15) is 9.59 Å². The third-order valence-corrected chi connectivity index (χ3v) is 4.75. The number of hydrogen-bond acceptors (Lipinski definition) is 6. The van der Waals surface area contributed by atoms with Crippen LogP contribution in [-0.4, -0.2) is 28.4 Å². The van der Waals surface area contributed by atoms with E-state index in [1.165, 1.54) is 12.5 Å². The number of nitrogens with zero attached hydrogens (tertiary/aromatic N) is 2. The summed E-state index contributed by atoms with van der Waals surface area (Å²) in [5.41, 5.74) is 0.661. The molecule has 0 unspecified atom stereocenters. The lowest BCUT2D eigenvalue weighted by molar-refractivity contribution is -0.123. The first kappa shape index (κ1) is 17.4. The number of rotatable bonds is 4. The van der Waals surface area contributed by atoms with Crippen LogP contribution in [0.25, 0.3) is 0 Å². The second-order valence-corrected chi connectivity index (χ2v) is 7.13. The molecule has 7 nitrogen and oxygen atoms in total. The van der Waals surface area contributed by atoms with Gasteiger partial charge < -0.3 is 15.1 Å². The molecule has 0 radical (unpaired) electrons. The lowest BCUT2D eigenvalue weighted by atomic mass is 10.2. The predicted molar refractivity (Wildman–Crippen MR) is 101 cm³/mol. The Morgan fingerprint density at radius 1 is 1.36 bits per heavy atom. The molecule has 1 aromatic heterocycles. The maximum atomic E-state index is 12.4. The van der Waals surface area contributed by atoms with Crippen molar-refractivity contribution in [3.63, 3.8) is 0 Å². The highest BCUT2D eigenvalue weighted by Crippen LogP contribution is 2.23. The van der Waals surface area contributed by atoms with Crippen LogP contribution in [-0.2, 0) is 9.59 Å². The summed E-state index contributed by atoms with van der Waals surface area (Å²) in [6.07, 6.45) is 3.02. The van der Waals surface area contributed by atoms with Gasteiger partial charge in [-0.25, -0.2) is 0 Å². The average Bonchev–Trinajstić information content (AvgIpc) is 3.10. The second kappa shape index (κ2) is 8.13. The SMILES string of the molecule is O=C1C[C@@H](C(=O)Nc2ccc(Br)cc2)S/C(=N/N=C\c2ccco2)N1. The van der Waals surface area contributed by atoms with Crippen LogP contribution in [0, 0.1) is 0 Å². The first-order valence-corrected chi connectivity index (χ1v) is 8.95. The van der Waals surface area contributed by atoms with Crippen molar-refractivity contribution >= 4 is 56.6 Å². The van der Waals surface area contributed by atoms with Gasteiger partial charge in [-0.05, 0) is 36.4 Å². The van der Waals surface area contributed by atoms with E-state index >= 15 is 0 Å². The van der Waals surface area contributed by atoms with Gasteiger partial charge in [0, 0.05) is 16.6 Å². The van der Waals surface area contributed by atoms with E-state index in [2.05, 4.69) is 36.8 Å². The summed E-state index contributed by atoms with van der Waals surface area (Å²) in [7, 11) is 0. The zero-order valence-corrected chi connectivity index (χ0v) is 15.2. The van der Waals surface area contributed by atoms with Crippen molar-refractivity contribution in [1.82, 2.24) is 5.32 Å². The smallest absolute Gasteiger partial charge is 0.238 e. The Morgan fingerprint density at radius 3 is 2.88 bits per heavy atom. The Bertz CT molecular complexity index is 818. The highest BCUT2D eigenvalue weighted by atomic mass is 79.9. The van der Waals surface area contributed by atoms with Gasteiger partial charge in [0.25, 0.3) is 0 Å². The Hall–Kier alpha value is -2.39. The van der Waals surface area contributed by atoms with Gasteiger partial charge in [0.15, 0.2) is 5.17 Å². The maximum absolute atomic E-state index is 12.4. The van der Waals surface area contributed by atoms with E-state index in [4.69, 9.17) is 4.42 Å². The molecule has 25 heavy (non-hydrogen) atoms. The first-order chi connectivity index (χ1) is 12.1. The molecule has 9 heteroatoms. The number of amides is 2. The minimum absolute atomic E-state index is 0.0773. The number of thioether (sulfide) groups is 1. The van der Waals surface area contributed by atoms with Crippen molar-refractivity contribution in [2.75, 3.05) is 5.32 Å². The first-order valence-electron chi connectivity index (χ1n) is 7.27. The Labute approximate surface area is 156 Å². The molecule has 0 aliphatic carbocycles. The molecular formula is C16H13BrN4O3S. The fourth-order valence-corrected chi connectivity index (χ4v) is 3.20. The van der Waals surface area contributed by atoms with Crippen LogP contribution in [0.15, 0.2) is 61.8 Å². The van der Waals surface area contributed by atoms with Crippen molar-refractivity contribution in [3.05, 3.63) is 52.9 Å². The van der Waals surface area contributed by atoms with E-state index in [1.807, 2.05) is 12.1 Å². The molecular weight excluding hydrogens is 408 g/mol. The molecule has 0 spiro atoms. The van der Waals surface area contributed by atoms with E-state index in [1.54, 1.807) is 24.3 Å². The molecule has 1 saturated heterocycles. The highest BCUT2D eigenvalue weighted by molar-refractivity contribution is 9.10. The molecule has 1 fully saturated rings. The number of amidine groups is 1. The summed E-state index contributed by atoms with van der Waals surface area (Å²) in [4.78, 5) is 24.2. The quantitative estimate of drug-likeness (QED) is 0.586. The average molecular weight is 421 g/mol. The van der Waals surface area contributed by atoms with Gasteiger partial charge in [0.05, 0.1) is 12.5 Å². The highest BCUT2D eigenvalue weighted by Gasteiger charge is 2.30. The molecule has 3 rings (SSSR count). The minimum Gasteiger partial charge on any atom is -0.463 e. The van der Waals surface area contributed by atoms with Crippen LogP contribution in [0.2, 0.25) is 0 Å². The van der Waals surface area contributed by atoms with E-state index in [0.717, 1.165) is 16.2 Å². The predicted octanol–water partition coefficient (Wildman–Crippen LogP) is 2.99. The van der Waals surface area contributed by atoms with Crippen LogP contribution < -0.4 is 10.6 Å². The van der Waals surface area contributed by atoms with Crippen LogP contribution >= 0.6 is 27.7 Å². The standard InChI is InChI=1S/C16H13BrN4O3S/c17-10-3-5-11(6-4-10)19-15(23)13-8-14(22)20-16(25-13)21-18-9-12-2-1-7-24-12/h1-7,9,13H,8H2,(H,19,23)(H,20,21,22)/b18-9-/t13-/m0/s1. The number of benzene rings is 1. The summed E-state index contributed by atoms with van der Waals surface area (Å²) in [5, 5.41) is 12.9. The summed E-state index contributed by atoms with van der Waals surface area (Å²) in [6, 6.07) is 10.7. The van der Waals surface area contributed by atoms with E-state index in [-0.39, 0.29) is 23.4 Å². The van der Waals surface area contributed by atoms with Crippen LogP contribution in [0.3, 0.4) is 0 Å². The van der Waals surface area contributed by atoms with Crippen LogP contribution in [0.1, 0.15) is 12.2 Å². The number of carbonyl (C=O) groups excluding carboxylic acids is 2. The molecule has 1 aliphatic rings. The summed E-state index contributed by atoms with van der Waals surface area (Å²) < 4.78 is 6.02. The van der Waals surface area contributed by atoms with Crippen LogP contribution in [0.5, 0.6) is 0 Å². The van der Waals surface area contributed by atoms with Crippen molar-refractivity contribution in [3.8, 4) is 0 Å². The number of anilines is 1. The van der Waals surface area contributed by atoms with Crippen LogP contribution in [0.4, 0.5) is 5.69 Å². The molecule has 1 aromatic carbocycles. The monoisotopic (exact) mass is 420 g/mol. The van der Waals surface area contributed by atoms with Gasteiger partial charge in [-0.15, -0.1) is 5.10 Å². The van der Waals surface area contributed by atoms with Gasteiger partial charge >= 0.3 is 0 Å². The van der Waals surface area contributed by atoms with Crippen molar-refractivity contribution < 1.29 is 14.0 Å². The van der Waals surface area contributed by atoms with E-state index in [0.29, 0.717) is 11.4 Å². The molecule has 2 heterocycles. The molecule has 0 bridgehead atoms. The van der Waals surface area contributed by atoms with Gasteiger partial charge in [-0.2, -0.15) is 5.10 Å².